The minimum Gasteiger partial charge on any atom is -0.342 e. The molecule has 2 heterocycles. The maximum atomic E-state index is 13.0. The Morgan fingerprint density at radius 2 is 2.00 bits per heavy atom. The zero-order chi connectivity index (χ0) is 20.0. The summed E-state index contributed by atoms with van der Waals surface area (Å²) in [5.41, 5.74) is 2.50. The summed E-state index contributed by atoms with van der Waals surface area (Å²) >= 11 is 0. The molecule has 1 fully saturated rings. The smallest absolute Gasteiger partial charge is 0.276 e. The van der Waals surface area contributed by atoms with Crippen molar-refractivity contribution in [2.75, 3.05) is 5.32 Å². The van der Waals surface area contributed by atoms with Gasteiger partial charge >= 0.3 is 0 Å². The highest BCUT2D eigenvalue weighted by atomic mass is 16.2. The van der Waals surface area contributed by atoms with E-state index in [4.69, 9.17) is 0 Å². The van der Waals surface area contributed by atoms with E-state index in [1.54, 1.807) is 24.3 Å². The first-order valence-corrected chi connectivity index (χ1v) is 9.95. The summed E-state index contributed by atoms with van der Waals surface area (Å²) in [6.45, 7) is 2.23. The second kappa shape index (κ2) is 6.84. The van der Waals surface area contributed by atoms with Crippen molar-refractivity contribution in [3.05, 3.63) is 64.3 Å². The molecule has 146 valence electrons. The molecule has 0 unspecified atom stereocenters. The molecule has 5 rings (SSSR count). The van der Waals surface area contributed by atoms with Crippen LogP contribution in [0.1, 0.15) is 48.4 Å². The number of nitrogens with one attached hydrogen (secondary N) is 2. The Hall–Kier alpha value is -3.48. The van der Waals surface area contributed by atoms with Crippen LogP contribution in [0.4, 0.5) is 5.69 Å². The van der Waals surface area contributed by atoms with Gasteiger partial charge in [-0.25, -0.2) is 9.67 Å². The molecule has 29 heavy (non-hydrogen) atoms. The molecule has 0 saturated heterocycles. The van der Waals surface area contributed by atoms with Gasteiger partial charge in [-0.3, -0.25) is 9.59 Å². The van der Waals surface area contributed by atoms with E-state index < -0.39 is 0 Å². The second-order valence-electron chi connectivity index (χ2n) is 7.45. The van der Waals surface area contributed by atoms with Crippen LogP contribution >= 0.6 is 0 Å². The number of hydrogen-bond donors (Lipinski definition) is 2. The van der Waals surface area contributed by atoms with Crippen molar-refractivity contribution >= 4 is 33.4 Å². The largest absolute Gasteiger partial charge is 0.342 e. The number of H-pyrrole nitrogens is 1. The van der Waals surface area contributed by atoms with Gasteiger partial charge in [0.2, 0.25) is 0 Å². The number of aromatic amines is 1. The van der Waals surface area contributed by atoms with E-state index >= 15 is 0 Å². The van der Waals surface area contributed by atoms with Crippen molar-refractivity contribution in [3.8, 4) is 0 Å². The maximum Gasteiger partial charge on any atom is 0.276 e. The van der Waals surface area contributed by atoms with Crippen LogP contribution < -0.4 is 10.9 Å². The lowest BCUT2D eigenvalue weighted by Gasteiger charge is -2.22. The normalized spacial score (nSPS) is 14.2. The number of rotatable bonds is 4. The van der Waals surface area contributed by atoms with Gasteiger partial charge in [0.15, 0.2) is 5.69 Å². The molecule has 2 aromatic carbocycles. The number of anilines is 1. The van der Waals surface area contributed by atoms with E-state index in [0.717, 1.165) is 16.9 Å². The zero-order valence-electron chi connectivity index (χ0n) is 16.1. The Balaban J connectivity index is 1.50. The van der Waals surface area contributed by atoms with Crippen molar-refractivity contribution in [2.24, 2.45) is 0 Å². The Morgan fingerprint density at radius 1 is 1.21 bits per heavy atom. The topological polar surface area (TPSA) is 92.7 Å². The molecule has 4 aromatic rings. The summed E-state index contributed by atoms with van der Waals surface area (Å²) in [5, 5.41) is 8.25. The lowest BCUT2D eigenvalue weighted by atomic mass is 9.85. The lowest BCUT2D eigenvalue weighted by molar-refractivity contribution is 0.102. The first-order chi connectivity index (χ1) is 14.1. The molecular weight excluding hydrogens is 366 g/mol. The van der Waals surface area contributed by atoms with E-state index in [1.807, 2.05) is 25.1 Å². The molecule has 0 spiro atoms. The molecule has 0 aliphatic heterocycles. The molecule has 1 aliphatic rings. The Labute approximate surface area is 166 Å². The predicted molar refractivity (Wildman–Crippen MR) is 112 cm³/mol. The molecule has 1 amide bonds. The number of fused-ring (bicyclic) bond motifs is 2. The first kappa shape index (κ1) is 17.6. The van der Waals surface area contributed by atoms with Crippen molar-refractivity contribution in [2.45, 2.75) is 38.6 Å². The highest BCUT2D eigenvalue weighted by Gasteiger charge is 2.23. The molecule has 1 saturated carbocycles. The number of imidazole rings is 1. The van der Waals surface area contributed by atoms with Crippen molar-refractivity contribution in [1.29, 1.82) is 0 Å². The van der Waals surface area contributed by atoms with Crippen molar-refractivity contribution < 1.29 is 4.79 Å². The van der Waals surface area contributed by atoms with Crippen LogP contribution in [0.15, 0.2) is 47.3 Å². The van der Waals surface area contributed by atoms with Crippen LogP contribution in [-0.2, 0) is 6.54 Å². The van der Waals surface area contributed by atoms with Gasteiger partial charge in [0, 0.05) is 23.5 Å². The van der Waals surface area contributed by atoms with E-state index in [-0.39, 0.29) is 17.2 Å². The number of nitrogens with zero attached hydrogens (tertiary/aromatic N) is 3. The average molecular weight is 387 g/mol. The fourth-order valence-corrected chi connectivity index (χ4v) is 3.79. The summed E-state index contributed by atoms with van der Waals surface area (Å²) in [7, 11) is 0. The summed E-state index contributed by atoms with van der Waals surface area (Å²) in [6, 6.07) is 12.7. The highest BCUT2D eigenvalue weighted by molar-refractivity contribution is 6.11. The van der Waals surface area contributed by atoms with E-state index in [0.29, 0.717) is 28.9 Å². The third-order valence-corrected chi connectivity index (χ3v) is 5.63. The van der Waals surface area contributed by atoms with Crippen LogP contribution in [0.25, 0.3) is 21.8 Å². The van der Waals surface area contributed by atoms with Gasteiger partial charge in [0.1, 0.15) is 5.82 Å². The monoisotopic (exact) mass is 387 g/mol. The van der Waals surface area contributed by atoms with Crippen LogP contribution in [0.3, 0.4) is 0 Å². The quantitative estimate of drug-likeness (QED) is 0.557. The van der Waals surface area contributed by atoms with Crippen LogP contribution in [0, 0.1) is 0 Å². The van der Waals surface area contributed by atoms with Crippen LogP contribution in [0.5, 0.6) is 0 Å². The lowest BCUT2D eigenvalue weighted by Crippen LogP contribution is -2.27. The fraction of sp³-hybridized carbons (Fsp3) is 0.273. The van der Waals surface area contributed by atoms with E-state index in [2.05, 4.69) is 20.4 Å². The Kier molecular flexibility index (Phi) is 4.16. The van der Waals surface area contributed by atoms with Gasteiger partial charge in [0.25, 0.3) is 11.5 Å². The summed E-state index contributed by atoms with van der Waals surface area (Å²) in [6.07, 6.45) is 3.61. The van der Waals surface area contributed by atoms with Gasteiger partial charge < -0.3 is 10.3 Å². The molecule has 7 heteroatoms. The van der Waals surface area contributed by atoms with Gasteiger partial charge in [0.05, 0.1) is 16.4 Å². The van der Waals surface area contributed by atoms with E-state index in [1.165, 1.54) is 23.9 Å². The van der Waals surface area contributed by atoms with Crippen molar-refractivity contribution in [1.82, 2.24) is 19.7 Å². The minimum absolute atomic E-state index is 0.193. The summed E-state index contributed by atoms with van der Waals surface area (Å²) < 4.78 is 1.32. The highest BCUT2D eigenvalue weighted by Crippen LogP contribution is 2.35. The molecule has 0 radical (unpaired) electrons. The third-order valence-electron chi connectivity index (χ3n) is 5.63. The van der Waals surface area contributed by atoms with Gasteiger partial charge in [-0.1, -0.05) is 24.6 Å². The molecule has 2 aromatic heterocycles. The van der Waals surface area contributed by atoms with Gasteiger partial charge in [-0.2, -0.15) is 5.10 Å². The average Bonchev–Trinajstić information content (AvgIpc) is 3.09. The summed E-state index contributed by atoms with van der Waals surface area (Å²) in [5.74, 6) is 1.20. The molecule has 2 N–H and O–H groups in total. The molecule has 0 bridgehead atoms. The standard InChI is InChI=1S/C22H21N5O2/c1-2-27-22(29)16-9-4-3-8-15(16)19(26-27)21(28)23-14-10-11-17-18(12-14)25-20(24-17)13-6-5-7-13/h3-4,8-13H,2,5-7H2,1H3,(H,23,28)(H,24,25). The first-order valence-electron chi connectivity index (χ1n) is 9.95. The number of aromatic nitrogens is 4. The van der Waals surface area contributed by atoms with Crippen molar-refractivity contribution in [3.63, 3.8) is 0 Å². The Bertz CT molecular complexity index is 1300. The molecule has 0 atom stereocenters. The van der Waals surface area contributed by atoms with Crippen LogP contribution in [-0.4, -0.2) is 25.7 Å². The zero-order valence-corrected chi connectivity index (χ0v) is 16.1. The third kappa shape index (κ3) is 2.99. The summed E-state index contributed by atoms with van der Waals surface area (Å²) in [4.78, 5) is 33.5. The van der Waals surface area contributed by atoms with Gasteiger partial charge in [-0.15, -0.1) is 0 Å². The Morgan fingerprint density at radius 3 is 2.72 bits per heavy atom. The molecular formula is C22H21N5O2. The number of carbonyl (C=O) groups excluding carboxylic acids is 1. The number of hydrogen-bond acceptors (Lipinski definition) is 4. The van der Waals surface area contributed by atoms with Crippen LogP contribution in [0.2, 0.25) is 0 Å². The predicted octanol–water partition coefficient (Wildman–Crippen LogP) is 3.81. The SMILES string of the molecule is CCn1nc(C(=O)Nc2ccc3nc(C4CCC4)[nH]c3c2)c2ccccc2c1=O. The molecule has 1 aliphatic carbocycles. The number of aryl methyl sites for hydroxylation is 1. The fourth-order valence-electron chi connectivity index (χ4n) is 3.79. The second-order valence-corrected chi connectivity index (χ2v) is 7.45. The molecule has 7 nitrogen and oxygen atoms in total. The maximum absolute atomic E-state index is 13.0. The number of amides is 1. The number of benzene rings is 2. The minimum atomic E-state index is -0.346. The number of carbonyl (C=O) groups is 1. The van der Waals surface area contributed by atoms with E-state index in [9.17, 15) is 9.59 Å². The van der Waals surface area contributed by atoms with Gasteiger partial charge in [-0.05, 0) is 44.0 Å².